The van der Waals surface area contributed by atoms with Crippen LogP contribution in [0.15, 0.2) is 42.7 Å². The van der Waals surface area contributed by atoms with Crippen LogP contribution in [0.25, 0.3) is 22.3 Å². The van der Waals surface area contributed by atoms with E-state index in [4.69, 9.17) is 4.98 Å². The molecule has 4 aromatic rings. The van der Waals surface area contributed by atoms with Crippen molar-refractivity contribution in [1.29, 1.82) is 0 Å². The predicted molar refractivity (Wildman–Crippen MR) is 169 cm³/mol. The molecule has 6 rings (SSSR count). The number of anilines is 1. The maximum Gasteiger partial charge on any atom is 0.258 e. The van der Waals surface area contributed by atoms with E-state index in [0.29, 0.717) is 23.1 Å². The third-order valence-corrected chi connectivity index (χ3v) is 9.11. The number of benzene rings is 1. The topological polar surface area (TPSA) is 104 Å². The van der Waals surface area contributed by atoms with Crippen LogP contribution >= 0.6 is 0 Å². The zero-order valence-corrected chi connectivity index (χ0v) is 25.8. The fourth-order valence-electron chi connectivity index (χ4n) is 6.64. The highest BCUT2D eigenvalue weighted by Crippen LogP contribution is 2.37. The first-order valence-corrected chi connectivity index (χ1v) is 15.6. The molecule has 228 valence electrons. The average Bonchev–Trinajstić information content (AvgIpc) is 3.59. The fraction of sp³-hybridized carbons (Fsp3) is 0.515. The van der Waals surface area contributed by atoms with Crippen molar-refractivity contribution < 1.29 is 9.90 Å². The lowest BCUT2D eigenvalue weighted by Gasteiger charge is -2.33. The Morgan fingerprint density at radius 3 is 2.51 bits per heavy atom. The molecule has 1 amide bonds. The van der Waals surface area contributed by atoms with Gasteiger partial charge in [0.2, 0.25) is 5.95 Å². The molecule has 1 saturated carbocycles. The molecule has 10 nitrogen and oxygen atoms in total. The normalized spacial score (nSPS) is 20.2. The maximum atomic E-state index is 13.7. The van der Waals surface area contributed by atoms with Crippen LogP contribution in [0.2, 0.25) is 0 Å². The number of aliphatic hydroxyl groups is 1. The van der Waals surface area contributed by atoms with Crippen molar-refractivity contribution in [1.82, 2.24) is 34.1 Å². The van der Waals surface area contributed by atoms with E-state index in [1.807, 2.05) is 32.3 Å². The van der Waals surface area contributed by atoms with Crippen molar-refractivity contribution in [2.24, 2.45) is 7.05 Å². The molecule has 0 bridgehead atoms. The number of aromatic nitrogens is 5. The number of carbonyl (C=O) groups is 1. The average molecular weight is 585 g/mol. The number of likely N-dealkylation sites (N-methyl/N-ethyl adjacent to an activating group) is 1. The number of pyridine rings is 1. The van der Waals surface area contributed by atoms with Gasteiger partial charge in [-0.25, -0.2) is 4.98 Å². The van der Waals surface area contributed by atoms with Crippen molar-refractivity contribution in [2.75, 3.05) is 45.6 Å². The Bertz CT molecular complexity index is 1580. The van der Waals surface area contributed by atoms with Gasteiger partial charge in [-0.1, -0.05) is 6.07 Å². The Balaban J connectivity index is 1.28. The number of piperidine rings is 1. The molecular formula is C33H44N8O2. The third kappa shape index (κ3) is 6.66. The van der Waals surface area contributed by atoms with Crippen LogP contribution in [0.5, 0.6) is 0 Å². The highest BCUT2D eigenvalue weighted by atomic mass is 16.3. The van der Waals surface area contributed by atoms with Crippen molar-refractivity contribution in [3.05, 3.63) is 59.5 Å². The molecule has 1 saturated heterocycles. The van der Waals surface area contributed by atoms with Crippen LogP contribution in [-0.2, 0) is 7.05 Å². The van der Waals surface area contributed by atoms with Gasteiger partial charge < -0.3 is 19.5 Å². The van der Waals surface area contributed by atoms with E-state index in [-0.39, 0.29) is 18.1 Å². The minimum Gasteiger partial charge on any atom is -0.393 e. The summed E-state index contributed by atoms with van der Waals surface area (Å²) >= 11 is 0. The van der Waals surface area contributed by atoms with E-state index < -0.39 is 0 Å². The Morgan fingerprint density at radius 2 is 1.81 bits per heavy atom. The zero-order chi connectivity index (χ0) is 30.1. The number of nitrogens with zero attached hydrogens (tertiary/aromatic N) is 7. The molecular weight excluding hydrogens is 540 g/mol. The second-order valence-corrected chi connectivity index (χ2v) is 12.7. The third-order valence-electron chi connectivity index (χ3n) is 9.11. The number of aliphatic hydroxyl groups excluding tert-OH is 1. The van der Waals surface area contributed by atoms with E-state index >= 15 is 0 Å². The Hall–Kier alpha value is -3.60. The fourth-order valence-corrected chi connectivity index (χ4v) is 6.64. The van der Waals surface area contributed by atoms with Gasteiger partial charge in [-0.05, 0) is 108 Å². The van der Waals surface area contributed by atoms with Crippen molar-refractivity contribution >= 4 is 22.9 Å². The lowest BCUT2D eigenvalue weighted by atomic mass is 9.89. The van der Waals surface area contributed by atoms with Gasteiger partial charge in [-0.2, -0.15) is 5.10 Å². The van der Waals surface area contributed by atoms with Crippen LogP contribution < -0.4 is 5.32 Å². The number of hydrogen-bond donors (Lipinski definition) is 2. The number of nitrogens with one attached hydrogen (secondary N) is 1. The van der Waals surface area contributed by atoms with E-state index in [9.17, 15) is 9.90 Å². The van der Waals surface area contributed by atoms with Crippen molar-refractivity contribution in [3.8, 4) is 11.3 Å². The summed E-state index contributed by atoms with van der Waals surface area (Å²) in [6.07, 6.45) is 8.88. The number of aryl methyl sites for hydroxylation is 2. The number of imidazole rings is 1. The number of likely N-dealkylation sites (tertiary alicyclic amines) is 1. The van der Waals surface area contributed by atoms with Crippen molar-refractivity contribution in [3.63, 3.8) is 0 Å². The summed E-state index contributed by atoms with van der Waals surface area (Å²) in [5, 5.41) is 17.7. The van der Waals surface area contributed by atoms with E-state index in [1.165, 1.54) is 5.56 Å². The summed E-state index contributed by atoms with van der Waals surface area (Å²) in [7, 11) is 6.13. The summed E-state index contributed by atoms with van der Waals surface area (Å²) in [6.45, 7) is 6.33. The van der Waals surface area contributed by atoms with Gasteiger partial charge in [0.1, 0.15) is 0 Å². The number of rotatable bonds is 8. The maximum absolute atomic E-state index is 13.7. The highest BCUT2D eigenvalue weighted by Gasteiger charge is 2.27. The summed E-state index contributed by atoms with van der Waals surface area (Å²) in [4.78, 5) is 28.1. The number of hydrogen-bond acceptors (Lipinski definition) is 7. The van der Waals surface area contributed by atoms with Gasteiger partial charge in [-0.15, -0.1) is 0 Å². The first-order valence-electron chi connectivity index (χ1n) is 15.6. The second-order valence-electron chi connectivity index (χ2n) is 12.7. The van der Waals surface area contributed by atoms with Gasteiger partial charge >= 0.3 is 0 Å². The molecule has 1 aliphatic carbocycles. The Morgan fingerprint density at radius 1 is 1.05 bits per heavy atom. The van der Waals surface area contributed by atoms with Gasteiger partial charge in [0, 0.05) is 49.2 Å². The molecule has 2 aliphatic rings. The first-order chi connectivity index (χ1) is 20.7. The SMILES string of the molecule is Cc1cc(C(=O)Nc2nc3ccc(C4CCN(CCN(C)C)CC4)cc3n2C2CCC(O)CC2)cc(-c2cnn(C)c2)n1. The Labute approximate surface area is 253 Å². The predicted octanol–water partition coefficient (Wildman–Crippen LogP) is 4.61. The van der Waals surface area contributed by atoms with Gasteiger partial charge in [0.25, 0.3) is 5.91 Å². The molecule has 10 heteroatoms. The summed E-state index contributed by atoms with van der Waals surface area (Å²) in [5.74, 6) is 0.864. The second kappa shape index (κ2) is 12.6. The van der Waals surface area contributed by atoms with Crippen LogP contribution in [0.4, 0.5) is 5.95 Å². The Kier molecular flexibility index (Phi) is 8.61. The van der Waals surface area contributed by atoms with Gasteiger partial charge in [0.05, 0.1) is 29.0 Å². The quantitative estimate of drug-likeness (QED) is 0.312. The molecule has 0 unspecified atom stereocenters. The molecule has 1 aromatic carbocycles. The minimum atomic E-state index is -0.261. The van der Waals surface area contributed by atoms with Crippen LogP contribution in [0, 0.1) is 6.92 Å². The lowest BCUT2D eigenvalue weighted by Crippen LogP contribution is -2.37. The summed E-state index contributed by atoms with van der Waals surface area (Å²) in [5.41, 5.74) is 6.17. The molecule has 2 N–H and O–H groups in total. The molecule has 2 fully saturated rings. The van der Waals surface area contributed by atoms with Gasteiger partial charge in [0.15, 0.2) is 0 Å². The monoisotopic (exact) mass is 584 g/mol. The standard InChI is InChI=1S/C33H44N8O2/c1-22-17-25(18-30(35-22)26-20-34-39(4)21-26)32(43)37-33-36-29-10-5-24(23-11-13-40(14-12-23)16-15-38(2)3)19-31(29)41(33)27-6-8-28(42)9-7-27/h5,10,17-21,23,27-28,42H,6-9,11-16H2,1-4H3,(H,36,37,43). The molecule has 1 aliphatic heterocycles. The summed E-state index contributed by atoms with van der Waals surface area (Å²) in [6, 6.07) is 10.4. The molecule has 43 heavy (non-hydrogen) atoms. The minimum absolute atomic E-state index is 0.164. The largest absolute Gasteiger partial charge is 0.393 e. The van der Waals surface area contributed by atoms with E-state index in [0.717, 1.165) is 87.0 Å². The molecule has 0 radical (unpaired) electrons. The smallest absolute Gasteiger partial charge is 0.258 e. The van der Waals surface area contributed by atoms with Crippen LogP contribution in [0.3, 0.4) is 0 Å². The molecule has 3 aromatic heterocycles. The number of fused-ring (bicyclic) bond motifs is 1. The molecule has 0 spiro atoms. The number of carbonyl (C=O) groups excluding carboxylic acids is 1. The molecule has 0 atom stereocenters. The van der Waals surface area contributed by atoms with Crippen LogP contribution in [-0.4, -0.2) is 91.5 Å². The van der Waals surface area contributed by atoms with Crippen LogP contribution in [0.1, 0.15) is 72.1 Å². The number of amides is 1. The lowest BCUT2D eigenvalue weighted by molar-refractivity contribution is 0.102. The highest BCUT2D eigenvalue weighted by molar-refractivity contribution is 6.04. The van der Waals surface area contributed by atoms with E-state index in [1.54, 1.807) is 10.9 Å². The van der Waals surface area contributed by atoms with Gasteiger partial charge in [-0.3, -0.25) is 19.8 Å². The molecule has 4 heterocycles. The zero-order valence-electron chi connectivity index (χ0n) is 25.8. The summed E-state index contributed by atoms with van der Waals surface area (Å²) < 4.78 is 3.95. The van der Waals surface area contributed by atoms with Crippen molar-refractivity contribution in [2.45, 2.75) is 63.5 Å². The van der Waals surface area contributed by atoms with E-state index in [2.05, 4.69) is 62.1 Å². The first kappa shape index (κ1) is 29.5.